The first kappa shape index (κ1) is 12.1. The maximum Gasteiger partial charge on any atom is 0.261 e. The van der Waals surface area contributed by atoms with Gasteiger partial charge in [0.15, 0.2) is 0 Å². The van der Waals surface area contributed by atoms with E-state index in [0.717, 1.165) is 11.3 Å². The van der Waals surface area contributed by atoms with Crippen molar-refractivity contribution in [3.05, 3.63) is 58.4 Å². The number of hydrogen-bond donors (Lipinski definition) is 2. The van der Waals surface area contributed by atoms with Crippen molar-refractivity contribution in [1.82, 2.24) is 4.57 Å². The monoisotopic (exact) mass is 241 g/mol. The van der Waals surface area contributed by atoms with Crippen molar-refractivity contribution in [2.24, 2.45) is 5.73 Å². The molecule has 4 heteroatoms. The van der Waals surface area contributed by atoms with Gasteiger partial charge in [-0.15, -0.1) is 0 Å². The zero-order valence-corrected chi connectivity index (χ0v) is 10.2. The Bertz CT molecular complexity index is 629. The second-order valence-corrected chi connectivity index (χ2v) is 3.96. The maximum absolute atomic E-state index is 12.2. The van der Waals surface area contributed by atoms with E-state index in [2.05, 4.69) is 0 Å². The molecule has 0 atom stereocenters. The van der Waals surface area contributed by atoms with Crippen LogP contribution in [0, 0.1) is 5.41 Å². The lowest BCUT2D eigenvalue weighted by molar-refractivity contribution is 0.734. The molecule has 0 radical (unpaired) electrons. The number of benzene rings is 1. The lowest BCUT2D eigenvalue weighted by atomic mass is 10.1. The molecule has 0 spiro atoms. The average molecular weight is 241 g/mol. The Balaban J connectivity index is 2.68. The van der Waals surface area contributed by atoms with Crippen LogP contribution in [0.15, 0.2) is 47.3 Å². The fourth-order valence-corrected chi connectivity index (χ4v) is 1.96. The second kappa shape index (κ2) is 4.87. The lowest BCUT2D eigenvalue weighted by Gasteiger charge is -2.12. The maximum atomic E-state index is 12.2. The van der Waals surface area contributed by atoms with Crippen molar-refractivity contribution >= 4 is 5.84 Å². The molecule has 4 nitrogen and oxygen atoms in total. The van der Waals surface area contributed by atoms with E-state index in [9.17, 15) is 4.79 Å². The first-order valence-electron chi connectivity index (χ1n) is 5.78. The van der Waals surface area contributed by atoms with Crippen molar-refractivity contribution < 1.29 is 0 Å². The number of nitrogens with zero attached hydrogens (tertiary/aromatic N) is 1. The van der Waals surface area contributed by atoms with Crippen LogP contribution in [0.3, 0.4) is 0 Å². The van der Waals surface area contributed by atoms with Gasteiger partial charge in [0.2, 0.25) is 0 Å². The summed E-state index contributed by atoms with van der Waals surface area (Å²) in [4.78, 5) is 12.2. The highest BCUT2D eigenvalue weighted by molar-refractivity contribution is 5.94. The molecule has 0 bridgehead atoms. The summed E-state index contributed by atoms with van der Waals surface area (Å²) < 4.78 is 1.63. The lowest BCUT2D eigenvalue weighted by Crippen LogP contribution is -2.29. The fraction of sp³-hybridized carbons (Fsp3) is 0.143. The molecule has 1 aromatic heterocycles. The molecule has 18 heavy (non-hydrogen) atoms. The highest BCUT2D eigenvalue weighted by atomic mass is 16.1. The highest BCUT2D eigenvalue weighted by Crippen LogP contribution is 2.17. The first-order chi connectivity index (χ1) is 8.65. The molecule has 0 fully saturated rings. The second-order valence-electron chi connectivity index (χ2n) is 3.96. The molecule has 0 aliphatic carbocycles. The third kappa shape index (κ3) is 2.05. The predicted molar refractivity (Wildman–Crippen MR) is 72.8 cm³/mol. The molecule has 2 aromatic rings. The molecule has 2 rings (SSSR count). The van der Waals surface area contributed by atoms with E-state index in [1.165, 1.54) is 0 Å². The molecule has 1 aromatic carbocycles. The molecule has 0 saturated heterocycles. The number of nitrogens with two attached hydrogens (primary N) is 1. The third-order valence-electron chi connectivity index (χ3n) is 2.85. The van der Waals surface area contributed by atoms with Crippen LogP contribution in [-0.4, -0.2) is 10.4 Å². The number of rotatable bonds is 3. The van der Waals surface area contributed by atoms with Gasteiger partial charge < -0.3 is 10.3 Å². The highest BCUT2D eigenvalue weighted by Gasteiger charge is 2.10. The van der Waals surface area contributed by atoms with Gasteiger partial charge in [0.1, 0.15) is 5.84 Å². The van der Waals surface area contributed by atoms with Crippen molar-refractivity contribution in [1.29, 1.82) is 5.41 Å². The Morgan fingerprint density at radius 3 is 2.44 bits per heavy atom. The van der Waals surface area contributed by atoms with E-state index in [1.807, 2.05) is 43.3 Å². The van der Waals surface area contributed by atoms with E-state index >= 15 is 0 Å². The summed E-state index contributed by atoms with van der Waals surface area (Å²) in [5.41, 5.74) is 7.25. The Morgan fingerprint density at radius 1 is 1.22 bits per heavy atom. The summed E-state index contributed by atoms with van der Waals surface area (Å²) in [6.07, 6.45) is 0. The summed E-state index contributed by atoms with van der Waals surface area (Å²) in [6, 6.07) is 13.1. The average Bonchev–Trinajstić information content (AvgIpc) is 2.39. The van der Waals surface area contributed by atoms with Gasteiger partial charge in [-0.25, -0.2) is 0 Å². The smallest absolute Gasteiger partial charge is 0.261 e. The van der Waals surface area contributed by atoms with Gasteiger partial charge in [0, 0.05) is 6.54 Å². The summed E-state index contributed by atoms with van der Waals surface area (Å²) in [7, 11) is 0. The van der Waals surface area contributed by atoms with Crippen LogP contribution in [0.2, 0.25) is 0 Å². The SMILES string of the molecule is CCn1c(-c2ccccc2)ccc(C(=N)N)c1=O. The van der Waals surface area contributed by atoms with Gasteiger partial charge >= 0.3 is 0 Å². The molecular weight excluding hydrogens is 226 g/mol. The molecule has 0 saturated carbocycles. The quantitative estimate of drug-likeness (QED) is 0.635. The van der Waals surface area contributed by atoms with Crippen molar-refractivity contribution in [2.75, 3.05) is 0 Å². The summed E-state index contributed by atoms with van der Waals surface area (Å²) >= 11 is 0. The third-order valence-corrected chi connectivity index (χ3v) is 2.85. The first-order valence-corrected chi connectivity index (χ1v) is 5.78. The van der Waals surface area contributed by atoms with E-state index in [4.69, 9.17) is 11.1 Å². The van der Waals surface area contributed by atoms with Crippen LogP contribution in [0.4, 0.5) is 0 Å². The normalized spacial score (nSPS) is 10.3. The number of aromatic nitrogens is 1. The van der Waals surface area contributed by atoms with E-state index in [0.29, 0.717) is 6.54 Å². The molecule has 0 aliphatic rings. The molecular formula is C14H15N3O. The number of pyridine rings is 1. The summed E-state index contributed by atoms with van der Waals surface area (Å²) in [5.74, 6) is -0.193. The van der Waals surface area contributed by atoms with Crippen molar-refractivity contribution in [3.8, 4) is 11.3 Å². The van der Waals surface area contributed by atoms with E-state index < -0.39 is 0 Å². The molecule has 0 amide bonds. The van der Waals surface area contributed by atoms with E-state index in [-0.39, 0.29) is 17.0 Å². The summed E-state index contributed by atoms with van der Waals surface area (Å²) in [6.45, 7) is 2.45. The topological polar surface area (TPSA) is 71.9 Å². The van der Waals surface area contributed by atoms with Crippen LogP contribution < -0.4 is 11.3 Å². The van der Waals surface area contributed by atoms with Crippen molar-refractivity contribution in [3.63, 3.8) is 0 Å². The Hall–Kier alpha value is -2.36. The number of hydrogen-bond acceptors (Lipinski definition) is 2. The van der Waals surface area contributed by atoms with Crippen molar-refractivity contribution in [2.45, 2.75) is 13.5 Å². The molecule has 0 aliphatic heterocycles. The molecule has 3 N–H and O–H groups in total. The zero-order chi connectivity index (χ0) is 13.1. The number of amidine groups is 1. The molecule has 1 heterocycles. The van der Waals surface area contributed by atoms with Crippen LogP contribution >= 0.6 is 0 Å². The van der Waals surface area contributed by atoms with Crippen LogP contribution in [0.1, 0.15) is 12.5 Å². The Morgan fingerprint density at radius 2 is 1.89 bits per heavy atom. The Kier molecular flexibility index (Phi) is 3.28. The van der Waals surface area contributed by atoms with Crippen LogP contribution in [0.25, 0.3) is 11.3 Å². The molecule has 0 unspecified atom stereocenters. The minimum Gasteiger partial charge on any atom is -0.384 e. The standard InChI is InChI=1S/C14H15N3O/c1-2-17-12(10-6-4-3-5-7-10)9-8-11(13(15)16)14(17)18/h3-9H,2H2,1H3,(H3,15,16). The number of nitrogen functional groups attached to an aromatic ring is 1. The largest absolute Gasteiger partial charge is 0.384 e. The molecule has 92 valence electrons. The predicted octanol–water partition coefficient (Wildman–Crippen LogP) is 1.82. The van der Waals surface area contributed by atoms with Gasteiger partial charge in [-0.2, -0.15) is 0 Å². The van der Waals surface area contributed by atoms with E-state index in [1.54, 1.807) is 10.6 Å². The Labute approximate surface area is 105 Å². The minimum atomic E-state index is -0.216. The van der Waals surface area contributed by atoms with Crippen LogP contribution in [-0.2, 0) is 6.54 Å². The van der Waals surface area contributed by atoms with Gasteiger partial charge in [0.05, 0.1) is 11.3 Å². The summed E-state index contributed by atoms with van der Waals surface area (Å²) in [5, 5.41) is 7.39. The van der Waals surface area contributed by atoms with Gasteiger partial charge in [-0.05, 0) is 24.6 Å². The minimum absolute atomic E-state index is 0.193. The zero-order valence-electron chi connectivity index (χ0n) is 10.2. The van der Waals surface area contributed by atoms with Gasteiger partial charge in [0.25, 0.3) is 5.56 Å². The number of nitrogens with one attached hydrogen (secondary N) is 1. The fourth-order valence-electron chi connectivity index (χ4n) is 1.96. The van der Waals surface area contributed by atoms with Gasteiger partial charge in [-0.3, -0.25) is 10.2 Å². The van der Waals surface area contributed by atoms with Gasteiger partial charge in [-0.1, -0.05) is 30.3 Å². The van der Waals surface area contributed by atoms with Crippen LogP contribution in [0.5, 0.6) is 0 Å².